The van der Waals surface area contributed by atoms with E-state index in [1.807, 2.05) is 67.6 Å². The summed E-state index contributed by atoms with van der Waals surface area (Å²) in [4.78, 5) is 28.4. The van der Waals surface area contributed by atoms with Gasteiger partial charge >= 0.3 is 0 Å². The van der Waals surface area contributed by atoms with Gasteiger partial charge in [0.05, 0.1) is 17.9 Å². The van der Waals surface area contributed by atoms with Crippen LogP contribution in [-0.2, 0) is 16.0 Å². The Hall–Kier alpha value is -3.86. The average molecular weight is 427 g/mol. The second-order valence-electron chi connectivity index (χ2n) is 7.55. The maximum atomic E-state index is 13.6. The minimum atomic E-state index is -0.402. The van der Waals surface area contributed by atoms with E-state index in [1.165, 1.54) is 10.5 Å². The van der Waals surface area contributed by atoms with Crippen molar-refractivity contribution in [2.45, 2.75) is 26.7 Å². The molecule has 0 bridgehead atoms. The molecule has 1 aliphatic heterocycles. The molecule has 1 N–H and O–H groups in total. The highest BCUT2D eigenvalue weighted by Gasteiger charge is 2.41. The van der Waals surface area contributed by atoms with E-state index in [-0.39, 0.29) is 11.6 Å². The lowest BCUT2D eigenvalue weighted by molar-refractivity contribution is -0.120. The third-order valence-corrected chi connectivity index (χ3v) is 5.35. The predicted molar refractivity (Wildman–Crippen MR) is 128 cm³/mol. The van der Waals surface area contributed by atoms with E-state index >= 15 is 0 Å². The first kappa shape index (κ1) is 21.4. The fourth-order valence-electron chi connectivity index (χ4n) is 3.68. The number of hydrogen-bond acceptors (Lipinski definition) is 4. The summed E-state index contributed by atoms with van der Waals surface area (Å²) in [7, 11) is 0. The Bertz CT molecular complexity index is 1150. The van der Waals surface area contributed by atoms with Crippen molar-refractivity contribution in [3.05, 3.63) is 95.7 Å². The minimum absolute atomic E-state index is 0.260. The van der Waals surface area contributed by atoms with Crippen LogP contribution in [0.1, 0.15) is 31.4 Å². The molecule has 0 atom stereocenters. The maximum Gasteiger partial charge on any atom is 0.282 e. The summed E-state index contributed by atoms with van der Waals surface area (Å²) in [5, 5.41) is 3.21. The summed E-state index contributed by atoms with van der Waals surface area (Å²) in [6, 6.07) is 24.3. The standard InChI is InChI=1S/C27H26N2O3/c1-3-18-32-23-13-9-8-12-22(23)29-26(30)24(20-10-6-5-7-11-20)25(27(29)31)28-21-16-14-19(4-2)15-17-21/h5-17,28H,3-4,18H2,1-2H3. The summed E-state index contributed by atoms with van der Waals surface area (Å²) < 4.78 is 5.83. The summed E-state index contributed by atoms with van der Waals surface area (Å²) in [6.07, 6.45) is 1.75. The van der Waals surface area contributed by atoms with E-state index in [1.54, 1.807) is 18.2 Å². The van der Waals surface area contributed by atoms with Crippen molar-refractivity contribution in [1.82, 2.24) is 0 Å². The Balaban J connectivity index is 1.77. The van der Waals surface area contributed by atoms with Gasteiger partial charge in [-0.25, -0.2) is 4.90 Å². The normalized spacial score (nSPS) is 13.6. The van der Waals surface area contributed by atoms with Crippen LogP contribution in [-0.4, -0.2) is 18.4 Å². The number of rotatable bonds is 8. The first-order valence-corrected chi connectivity index (χ1v) is 10.9. The zero-order chi connectivity index (χ0) is 22.5. The molecule has 0 radical (unpaired) electrons. The second-order valence-corrected chi connectivity index (χ2v) is 7.55. The molecular formula is C27H26N2O3. The first-order valence-electron chi connectivity index (χ1n) is 10.9. The number of ether oxygens (including phenoxy) is 1. The molecule has 5 nitrogen and oxygen atoms in total. The molecular weight excluding hydrogens is 400 g/mol. The van der Waals surface area contributed by atoms with E-state index in [0.717, 1.165) is 18.5 Å². The monoisotopic (exact) mass is 426 g/mol. The van der Waals surface area contributed by atoms with Crippen LogP contribution in [0.15, 0.2) is 84.6 Å². The molecule has 5 heteroatoms. The highest BCUT2D eigenvalue weighted by atomic mass is 16.5. The molecule has 1 aliphatic rings. The molecule has 0 aliphatic carbocycles. The van der Waals surface area contributed by atoms with E-state index in [4.69, 9.17) is 4.74 Å². The highest BCUT2D eigenvalue weighted by Crippen LogP contribution is 2.37. The van der Waals surface area contributed by atoms with Crippen molar-refractivity contribution in [2.24, 2.45) is 0 Å². The molecule has 1 heterocycles. The number of amides is 2. The zero-order valence-corrected chi connectivity index (χ0v) is 18.3. The van der Waals surface area contributed by atoms with Crippen LogP contribution in [0, 0.1) is 0 Å². The first-order chi connectivity index (χ1) is 15.6. The molecule has 0 spiro atoms. The number of para-hydroxylation sites is 2. The van der Waals surface area contributed by atoms with Crippen LogP contribution < -0.4 is 15.0 Å². The predicted octanol–water partition coefficient (Wildman–Crippen LogP) is 5.43. The quantitative estimate of drug-likeness (QED) is 0.488. The number of benzene rings is 3. The SMILES string of the molecule is CCCOc1ccccc1N1C(=O)C(Nc2ccc(CC)cc2)=C(c2ccccc2)C1=O. The summed E-state index contributed by atoms with van der Waals surface area (Å²) in [5.41, 5.74) is 3.70. The van der Waals surface area contributed by atoms with Gasteiger partial charge in [0.1, 0.15) is 11.4 Å². The number of nitrogens with zero attached hydrogens (tertiary/aromatic N) is 1. The number of carbonyl (C=O) groups is 2. The van der Waals surface area contributed by atoms with E-state index in [2.05, 4.69) is 12.2 Å². The molecule has 3 aromatic carbocycles. The fourth-order valence-corrected chi connectivity index (χ4v) is 3.68. The largest absolute Gasteiger partial charge is 0.491 e. The molecule has 0 aromatic heterocycles. The van der Waals surface area contributed by atoms with Gasteiger partial charge in [0.15, 0.2) is 0 Å². The van der Waals surface area contributed by atoms with E-state index < -0.39 is 5.91 Å². The third kappa shape index (κ3) is 4.14. The van der Waals surface area contributed by atoms with Crippen LogP contribution >= 0.6 is 0 Å². The summed E-state index contributed by atoms with van der Waals surface area (Å²) >= 11 is 0. The summed E-state index contributed by atoms with van der Waals surface area (Å²) in [5.74, 6) is -0.264. The lowest BCUT2D eigenvalue weighted by atomic mass is 10.0. The Kier molecular flexibility index (Phi) is 6.36. The van der Waals surface area contributed by atoms with Gasteiger partial charge < -0.3 is 10.1 Å². The van der Waals surface area contributed by atoms with Gasteiger partial charge in [-0.05, 0) is 48.2 Å². The van der Waals surface area contributed by atoms with Crippen LogP contribution in [0.5, 0.6) is 5.75 Å². The number of nitrogens with one attached hydrogen (secondary N) is 1. The molecule has 3 aromatic rings. The number of hydrogen-bond donors (Lipinski definition) is 1. The fraction of sp³-hybridized carbons (Fsp3) is 0.185. The van der Waals surface area contributed by atoms with Crippen molar-refractivity contribution in [1.29, 1.82) is 0 Å². The van der Waals surface area contributed by atoms with Crippen molar-refractivity contribution in [2.75, 3.05) is 16.8 Å². The Morgan fingerprint density at radius 2 is 1.50 bits per heavy atom. The van der Waals surface area contributed by atoms with Crippen molar-refractivity contribution in [3.63, 3.8) is 0 Å². The lowest BCUT2D eigenvalue weighted by Gasteiger charge is -2.19. The zero-order valence-electron chi connectivity index (χ0n) is 18.3. The molecule has 32 heavy (non-hydrogen) atoms. The molecule has 0 fully saturated rings. The van der Waals surface area contributed by atoms with Crippen LogP contribution in [0.2, 0.25) is 0 Å². The van der Waals surface area contributed by atoms with Gasteiger partial charge in [0.25, 0.3) is 11.8 Å². The molecule has 0 saturated carbocycles. The molecule has 4 rings (SSSR count). The van der Waals surface area contributed by atoms with Gasteiger partial charge in [-0.15, -0.1) is 0 Å². The maximum absolute atomic E-state index is 13.6. The Labute approximate surface area is 188 Å². The van der Waals surface area contributed by atoms with E-state index in [9.17, 15) is 9.59 Å². The molecule has 0 unspecified atom stereocenters. The number of aryl methyl sites for hydroxylation is 1. The second kappa shape index (κ2) is 9.52. The van der Waals surface area contributed by atoms with Crippen LogP contribution in [0.25, 0.3) is 5.57 Å². The smallest absolute Gasteiger partial charge is 0.282 e. The summed E-state index contributed by atoms with van der Waals surface area (Å²) in [6.45, 7) is 4.60. The molecule has 162 valence electrons. The topological polar surface area (TPSA) is 58.6 Å². The molecule has 0 saturated heterocycles. The third-order valence-electron chi connectivity index (χ3n) is 5.35. The van der Waals surface area contributed by atoms with Crippen molar-refractivity contribution >= 4 is 28.8 Å². The highest BCUT2D eigenvalue weighted by molar-refractivity contribution is 6.46. The van der Waals surface area contributed by atoms with Crippen molar-refractivity contribution in [3.8, 4) is 5.75 Å². The molecule has 2 amide bonds. The average Bonchev–Trinajstić information content (AvgIpc) is 3.08. The van der Waals surface area contributed by atoms with Gasteiger partial charge in [0.2, 0.25) is 0 Å². The van der Waals surface area contributed by atoms with Crippen LogP contribution in [0.3, 0.4) is 0 Å². The lowest BCUT2D eigenvalue weighted by Crippen LogP contribution is -2.32. The van der Waals surface area contributed by atoms with Gasteiger partial charge in [-0.3, -0.25) is 9.59 Å². The number of anilines is 2. The Morgan fingerprint density at radius 3 is 2.19 bits per heavy atom. The van der Waals surface area contributed by atoms with Crippen LogP contribution in [0.4, 0.5) is 11.4 Å². The van der Waals surface area contributed by atoms with Gasteiger partial charge in [0, 0.05) is 5.69 Å². The minimum Gasteiger partial charge on any atom is -0.491 e. The van der Waals surface area contributed by atoms with Gasteiger partial charge in [-0.2, -0.15) is 0 Å². The van der Waals surface area contributed by atoms with Gasteiger partial charge in [-0.1, -0.05) is 68.4 Å². The Morgan fingerprint density at radius 1 is 0.812 bits per heavy atom. The number of imide groups is 1. The van der Waals surface area contributed by atoms with Crippen molar-refractivity contribution < 1.29 is 14.3 Å². The van der Waals surface area contributed by atoms with E-state index in [0.29, 0.717) is 29.2 Å². The number of carbonyl (C=O) groups excluding carboxylic acids is 2.